The molecular weight excluding hydrogens is 330 g/mol. The SMILES string of the molecule is Cc1ccc(C(=O)N[C@H](C)[C@H](c2cccs2)[NH+]2CC[NH+](C)CC2)cc1. The maximum Gasteiger partial charge on any atom is 0.251 e. The number of nitrogens with one attached hydrogen (secondary N) is 3. The van der Waals surface area contributed by atoms with Gasteiger partial charge in [0.1, 0.15) is 32.2 Å². The highest BCUT2D eigenvalue weighted by molar-refractivity contribution is 7.10. The molecule has 3 rings (SSSR count). The van der Waals surface area contributed by atoms with E-state index in [0.717, 1.165) is 18.7 Å². The van der Waals surface area contributed by atoms with E-state index >= 15 is 0 Å². The van der Waals surface area contributed by atoms with Gasteiger partial charge in [-0.2, -0.15) is 0 Å². The number of carbonyl (C=O) groups is 1. The second kappa shape index (κ2) is 8.13. The molecule has 2 atom stereocenters. The monoisotopic (exact) mass is 359 g/mol. The summed E-state index contributed by atoms with van der Waals surface area (Å²) in [4.78, 5) is 17.2. The zero-order valence-corrected chi connectivity index (χ0v) is 16.2. The Kier molecular flexibility index (Phi) is 5.89. The van der Waals surface area contributed by atoms with E-state index in [0.29, 0.717) is 6.04 Å². The first-order valence-corrected chi connectivity index (χ1v) is 9.99. The van der Waals surface area contributed by atoms with Gasteiger partial charge >= 0.3 is 0 Å². The van der Waals surface area contributed by atoms with E-state index in [2.05, 4.69) is 36.8 Å². The molecule has 1 saturated heterocycles. The van der Waals surface area contributed by atoms with Gasteiger partial charge in [-0.3, -0.25) is 4.79 Å². The topological polar surface area (TPSA) is 38.0 Å². The lowest BCUT2D eigenvalue weighted by atomic mass is 10.0. The van der Waals surface area contributed by atoms with Crippen LogP contribution in [0, 0.1) is 6.92 Å². The Morgan fingerprint density at radius 1 is 1.12 bits per heavy atom. The molecule has 1 aliphatic heterocycles. The highest BCUT2D eigenvalue weighted by Crippen LogP contribution is 2.20. The van der Waals surface area contributed by atoms with Gasteiger partial charge in [-0.1, -0.05) is 23.8 Å². The van der Waals surface area contributed by atoms with E-state index in [-0.39, 0.29) is 11.9 Å². The molecule has 1 aromatic heterocycles. The molecular formula is C20H29N3OS+2. The summed E-state index contributed by atoms with van der Waals surface area (Å²) in [5, 5.41) is 5.39. The number of thiophene rings is 1. The van der Waals surface area contributed by atoms with Crippen molar-refractivity contribution in [3.05, 3.63) is 57.8 Å². The highest BCUT2D eigenvalue weighted by Gasteiger charge is 2.34. The van der Waals surface area contributed by atoms with Crippen molar-refractivity contribution >= 4 is 17.2 Å². The number of carbonyl (C=O) groups excluding carboxylic acids is 1. The average Bonchev–Trinajstić information content (AvgIpc) is 3.11. The molecule has 2 aromatic rings. The summed E-state index contributed by atoms with van der Waals surface area (Å²) < 4.78 is 0. The van der Waals surface area contributed by atoms with Crippen molar-refractivity contribution in [2.24, 2.45) is 0 Å². The summed E-state index contributed by atoms with van der Waals surface area (Å²) in [6.07, 6.45) is 0. The molecule has 2 heterocycles. The van der Waals surface area contributed by atoms with Crippen LogP contribution in [0.2, 0.25) is 0 Å². The van der Waals surface area contributed by atoms with Gasteiger partial charge in [0.25, 0.3) is 5.91 Å². The van der Waals surface area contributed by atoms with Crippen molar-refractivity contribution in [3.8, 4) is 0 Å². The first-order chi connectivity index (χ1) is 12.0. The van der Waals surface area contributed by atoms with Gasteiger partial charge in [-0.15, -0.1) is 11.3 Å². The third kappa shape index (κ3) is 4.48. The molecule has 0 aliphatic carbocycles. The Morgan fingerprint density at radius 2 is 1.80 bits per heavy atom. The minimum atomic E-state index is 0.0215. The first kappa shape index (κ1) is 18.1. The summed E-state index contributed by atoms with van der Waals surface area (Å²) in [6.45, 7) is 8.87. The normalized spacial score (nSPS) is 23.0. The summed E-state index contributed by atoms with van der Waals surface area (Å²) in [7, 11) is 2.26. The zero-order valence-electron chi connectivity index (χ0n) is 15.3. The predicted molar refractivity (Wildman–Crippen MR) is 102 cm³/mol. The van der Waals surface area contributed by atoms with Crippen molar-refractivity contribution < 1.29 is 14.6 Å². The van der Waals surface area contributed by atoms with Gasteiger partial charge in [-0.05, 0) is 37.4 Å². The molecule has 1 aliphatic rings. The number of quaternary nitrogens is 2. The number of rotatable bonds is 5. The highest BCUT2D eigenvalue weighted by atomic mass is 32.1. The maximum atomic E-state index is 12.7. The molecule has 4 nitrogen and oxygen atoms in total. The van der Waals surface area contributed by atoms with E-state index in [4.69, 9.17) is 0 Å². The van der Waals surface area contributed by atoms with Crippen LogP contribution in [0.1, 0.15) is 33.8 Å². The van der Waals surface area contributed by atoms with Crippen molar-refractivity contribution in [2.75, 3.05) is 33.2 Å². The van der Waals surface area contributed by atoms with Crippen LogP contribution in [0.4, 0.5) is 0 Å². The van der Waals surface area contributed by atoms with Crippen LogP contribution in [0.3, 0.4) is 0 Å². The van der Waals surface area contributed by atoms with E-state index in [1.165, 1.54) is 23.5 Å². The van der Waals surface area contributed by atoms with Crippen molar-refractivity contribution in [2.45, 2.75) is 25.9 Å². The second-order valence-corrected chi connectivity index (χ2v) is 8.22. The molecule has 1 aromatic carbocycles. The lowest BCUT2D eigenvalue weighted by molar-refractivity contribution is -1.02. The Morgan fingerprint density at radius 3 is 2.40 bits per heavy atom. The smallest absolute Gasteiger partial charge is 0.251 e. The number of amides is 1. The van der Waals surface area contributed by atoms with Gasteiger partial charge in [-0.25, -0.2) is 0 Å². The Hall–Kier alpha value is -1.69. The van der Waals surface area contributed by atoms with Crippen LogP contribution in [0.5, 0.6) is 0 Å². The number of aryl methyl sites for hydroxylation is 1. The Balaban J connectivity index is 1.74. The van der Waals surface area contributed by atoms with Crippen LogP contribution >= 0.6 is 11.3 Å². The van der Waals surface area contributed by atoms with E-state index in [9.17, 15) is 4.79 Å². The molecule has 1 amide bonds. The van der Waals surface area contributed by atoms with Gasteiger partial charge in [0, 0.05) is 5.56 Å². The van der Waals surface area contributed by atoms with Gasteiger partial charge in [0.15, 0.2) is 0 Å². The average molecular weight is 360 g/mol. The third-order valence-corrected chi connectivity index (χ3v) is 6.16. The number of piperazine rings is 1. The second-order valence-electron chi connectivity index (χ2n) is 7.24. The molecule has 5 heteroatoms. The van der Waals surface area contributed by atoms with Crippen LogP contribution in [0.15, 0.2) is 41.8 Å². The fourth-order valence-electron chi connectivity index (χ4n) is 3.66. The Bertz CT molecular complexity index is 675. The van der Waals surface area contributed by atoms with Crippen LogP contribution in [-0.2, 0) is 0 Å². The summed E-state index contributed by atoms with van der Waals surface area (Å²) in [5.41, 5.74) is 1.91. The number of hydrogen-bond acceptors (Lipinski definition) is 2. The Labute approximate surface area is 154 Å². The van der Waals surface area contributed by atoms with Crippen LogP contribution in [-0.4, -0.2) is 45.2 Å². The minimum Gasteiger partial charge on any atom is -0.343 e. The lowest BCUT2D eigenvalue weighted by Gasteiger charge is -2.36. The molecule has 0 saturated carbocycles. The molecule has 0 bridgehead atoms. The number of likely N-dealkylation sites (N-methyl/N-ethyl adjacent to an activating group) is 1. The van der Waals surface area contributed by atoms with E-state index < -0.39 is 0 Å². The number of benzene rings is 1. The molecule has 0 unspecified atom stereocenters. The third-order valence-electron chi connectivity index (χ3n) is 5.21. The van der Waals surface area contributed by atoms with Crippen LogP contribution < -0.4 is 15.1 Å². The molecule has 25 heavy (non-hydrogen) atoms. The van der Waals surface area contributed by atoms with Gasteiger partial charge in [0.05, 0.1) is 18.0 Å². The maximum absolute atomic E-state index is 12.7. The fourth-order valence-corrected chi connectivity index (χ4v) is 4.65. The molecule has 3 N–H and O–H groups in total. The standard InChI is InChI=1S/C20H27N3OS/c1-15-6-8-17(9-7-15)20(24)21-16(2)19(18-5-4-14-25-18)23-12-10-22(3)11-13-23/h4-9,14,16,19H,10-13H2,1-3H3,(H,21,24)/p+2/t16-,19-/m1/s1. The molecule has 0 radical (unpaired) electrons. The number of hydrogen-bond donors (Lipinski definition) is 3. The lowest BCUT2D eigenvalue weighted by Crippen LogP contribution is -3.27. The van der Waals surface area contributed by atoms with Gasteiger partial charge in [0.2, 0.25) is 0 Å². The summed E-state index contributed by atoms with van der Waals surface area (Å²) in [6, 6.07) is 12.5. The minimum absolute atomic E-state index is 0.0215. The van der Waals surface area contributed by atoms with Crippen LogP contribution in [0.25, 0.3) is 0 Å². The van der Waals surface area contributed by atoms with Gasteiger partial charge < -0.3 is 15.1 Å². The van der Waals surface area contributed by atoms with E-state index in [1.54, 1.807) is 21.1 Å². The van der Waals surface area contributed by atoms with Crippen molar-refractivity contribution in [1.29, 1.82) is 0 Å². The quantitative estimate of drug-likeness (QED) is 0.707. The predicted octanol–water partition coefficient (Wildman–Crippen LogP) is 0.329. The molecule has 1 fully saturated rings. The van der Waals surface area contributed by atoms with E-state index in [1.807, 2.05) is 31.2 Å². The summed E-state index contributed by atoms with van der Waals surface area (Å²) in [5.74, 6) is 0.0215. The largest absolute Gasteiger partial charge is 0.343 e. The fraction of sp³-hybridized carbons (Fsp3) is 0.450. The van der Waals surface area contributed by atoms with Crippen molar-refractivity contribution in [3.63, 3.8) is 0 Å². The van der Waals surface area contributed by atoms with Crippen molar-refractivity contribution in [1.82, 2.24) is 5.32 Å². The zero-order chi connectivity index (χ0) is 17.8. The summed E-state index contributed by atoms with van der Waals surface area (Å²) >= 11 is 1.80. The first-order valence-electron chi connectivity index (χ1n) is 9.11. The molecule has 0 spiro atoms. The molecule has 134 valence electrons.